The van der Waals surface area contributed by atoms with Gasteiger partial charge in [-0.1, -0.05) is 6.07 Å². The van der Waals surface area contributed by atoms with E-state index in [1.54, 1.807) is 29.7 Å². The van der Waals surface area contributed by atoms with Gasteiger partial charge < -0.3 is 15.3 Å². The first-order valence-electron chi connectivity index (χ1n) is 8.48. The molecule has 1 saturated heterocycles. The molecule has 2 N–H and O–H groups in total. The Bertz CT molecular complexity index is 895. The predicted octanol–water partition coefficient (Wildman–Crippen LogP) is 3.41. The first-order chi connectivity index (χ1) is 12.9. The average molecular weight is 384 g/mol. The van der Waals surface area contributed by atoms with Gasteiger partial charge in [0.25, 0.3) is 0 Å². The highest BCUT2D eigenvalue weighted by molar-refractivity contribution is 7.98. The lowest BCUT2D eigenvalue weighted by Gasteiger charge is -2.17. The summed E-state index contributed by atoms with van der Waals surface area (Å²) in [6.07, 6.45) is 2.12. The van der Waals surface area contributed by atoms with Gasteiger partial charge in [0, 0.05) is 29.2 Å². The lowest BCUT2D eigenvalue weighted by atomic mass is 10.1. The van der Waals surface area contributed by atoms with E-state index in [4.69, 9.17) is 5.11 Å². The van der Waals surface area contributed by atoms with Crippen molar-refractivity contribution in [3.63, 3.8) is 0 Å². The van der Waals surface area contributed by atoms with Gasteiger partial charge in [-0.05, 0) is 55.1 Å². The maximum absolute atomic E-state index is 12.6. The van der Waals surface area contributed by atoms with Gasteiger partial charge in [0.05, 0.1) is 11.5 Å². The zero-order valence-electron chi connectivity index (χ0n) is 15.1. The van der Waals surface area contributed by atoms with E-state index in [9.17, 15) is 14.4 Å². The van der Waals surface area contributed by atoms with Crippen molar-refractivity contribution >= 4 is 40.9 Å². The molecular weight excluding hydrogens is 364 g/mol. The monoisotopic (exact) mass is 384 g/mol. The molecule has 0 spiro atoms. The molecule has 0 aliphatic carbocycles. The third kappa shape index (κ3) is 4.14. The fraction of sp³-hybridized carbons (Fsp3) is 0.250. The quantitative estimate of drug-likeness (QED) is 0.772. The van der Waals surface area contributed by atoms with Gasteiger partial charge in [-0.15, -0.1) is 11.8 Å². The molecule has 0 bridgehead atoms. The lowest BCUT2D eigenvalue weighted by molar-refractivity contribution is -0.122. The van der Waals surface area contributed by atoms with E-state index >= 15 is 0 Å². The van der Waals surface area contributed by atoms with E-state index in [1.165, 1.54) is 12.1 Å². The predicted molar refractivity (Wildman–Crippen MR) is 105 cm³/mol. The Morgan fingerprint density at radius 2 is 1.89 bits per heavy atom. The van der Waals surface area contributed by atoms with Crippen molar-refractivity contribution in [2.75, 3.05) is 23.0 Å². The van der Waals surface area contributed by atoms with E-state index in [0.29, 0.717) is 12.2 Å². The number of aromatic carboxylic acids is 1. The van der Waals surface area contributed by atoms with Crippen LogP contribution in [0.25, 0.3) is 0 Å². The third-order valence-corrected chi connectivity index (χ3v) is 5.37. The van der Waals surface area contributed by atoms with Crippen molar-refractivity contribution in [1.29, 1.82) is 0 Å². The third-order valence-electron chi connectivity index (χ3n) is 4.62. The summed E-state index contributed by atoms with van der Waals surface area (Å²) in [7, 11) is 0. The van der Waals surface area contributed by atoms with Gasteiger partial charge >= 0.3 is 5.97 Å². The number of benzene rings is 2. The van der Waals surface area contributed by atoms with Crippen LogP contribution in [-0.4, -0.2) is 35.7 Å². The highest BCUT2D eigenvalue weighted by Crippen LogP contribution is 2.28. The molecule has 0 aromatic heterocycles. The number of anilines is 2. The van der Waals surface area contributed by atoms with Crippen LogP contribution in [0, 0.1) is 12.8 Å². The molecule has 1 unspecified atom stereocenters. The maximum Gasteiger partial charge on any atom is 0.335 e. The van der Waals surface area contributed by atoms with Crippen molar-refractivity contribution in [2.45, 2.75) is 18.2 Å². The van der Waals surface area contributed by atoms with Crippen molar-refractivity contribution in [3.05, 3.63) is 53.6 Å². The minimum atomic E-state index is -1.05. The number of amides is 2. The van der Waals surface area contributed by atoms with Crippen LogP contribution in [-0.2, 0) is 9.59 Å². The molecule has 2 aromatic rings. The zero-order chi connectivity index (χ0) is 19.6. The van der Waals surface area contributed by atoms with Crippen LogP contribution in [0.1, 0.15) is 22.3 Å². The second kappa shape index (κ2) is 7.84. The second-order valence-electron chi connectivity index (χ2n) is 6.43. The Labute approximate surface area is 161 Å². The number of nitrogens with one attached hydrogen (secondary N) is 1. The van der Waals surface area contributed by atoms with Gasteiger partial charge in [-0.3, -0.25) is 9.59 Å². The highest BCUT2D eigenvalue weighted by atomic mass is 32.2. The Kier molecular flexibility index (Phi) is 5.51. The summed E-state index contributed by atoms with van der Waals surface area (Å²) in [4.78, 5) is 38.9. The SMILES string of the molecule is CSc1ccc(N2CC(C(=O)Nc3cc(C(=O)O)ccc3C)CC2=O)cc1. The van der Waals surface area contributed by atoms with E-state index in [0.717, 1.165) is 16.1 Å². The van der Waals surface area contributed by atoms with Crippen molar-refractivity contribution in [2.24, 2.45) is 5.92 Å². The smallest absolute Gasteiger partial charge is 0.335 e. The maximum atomic E-state index is 12.6. The summed E-state index contributed by atoms with van der Waals surface area (Å²) >= 11 is 1.62. The molecule has 140 valence electrons. The largest absolute Gasteiger partial charge is 0.478 e. The second-order valence-corrected chi connectivity index (χ2v) is 7.31. The molecular formula is C20H20N2O4S. The standard InChI is InChI=1S/C20H20N2O4S/c1-12-3-4-13(20(25)26)9-17(12)21-19(24)14-10-18(23)22(11-14)15-5-7-16(27-2)8-6-15/h3-9,14H,10-11H2,1-2H3,(H,21,24)(H,25,26). The van der Waals surface area contributed by atoms with Gasteiger partial charge in [-0.2, -0.15) is 0 Å². The number of aryl methyl sites for hydroxylation is 1. The van der Waals surface area contributed by atoms with Gasteiger partial charge in [-0.25, -0.2) is 4.79 Å². The molecule has 2 aromatic carbocycles. The first kappa shape index (κ1) is 19.0. The van der Waals surface area contributed by atoms with E-state index in [1.807, 2.05) is 30.5 Å². The minimum absolute atomic E-state index is 0.0944. The Morgan fingerprint density at radius 3 is 2.52 bits per heavy atom. The molecule has 2 amide bonds. The van der Waals surface area contributed by atoms with E-state index < -0.39 is 11.9 Å². The Balaban J connectivity index is 1.72. The van der Waals surface area contributed by atoms with E-state index in [-0.39, 0.29) is 23.8 Å². The van der Waals surface area contributed by atoms with Crippen LogP contribution in [0.15, 0.2) is 47.4 Å². The number of nitrogens with zero attached hydrogens (tertiary/aromatic N) is 1. The molecule has 1 heterocycles. The van der Waals surface area contributed by atoms with Crippen molar-refractivity contribution < 1.29 is 19.5 Å². The number of hydrogen-bond donors (Lipinski definition) is 2. The summed E-state index contributed by atoms with van der Waals surface area (Å²) in [5, 5.41) is 11.9. The topological polar surface area (TPSA) is 86.7 Å². The summed E-state index contributed by atoms with van der Waals surface area (Å²) < 4.78 is 0. The highest BCUT2D eigenvalue weighted by Gasteiger charge is 2.35. The molecule has 0 radical (unpaired) electrons. The summed E-state index contributed by atoms with van der Waals surface area (Å²) in [6.45, 7) is 2.10. The number of carbonyl (C=O) groups is 3. The van der Waals surface area contributed by atoms with Crippen molar-refractivity contribution in [3.8, 4) is 0 Å². The summed E-state index contributed by atoms with van der Waals surface area (Å²) in [5.41, 5.74) is 2.10. The fourth-order valence-corrected chi connectivity index (χ4v) is 3.43. The number of hydrogen-bond acceptors (Lipinski definition) is 4. The van der Waals surface area contributed by atoms with Crippen LogP contribution in [0.4, 0.5) is 11.4 Å². The molecule has 1 atom stereocenters. The number of carboxylic acid groups (broad SMARTS) is 1. The summed E-state index contributed by atoms with van der Waals surface area (Å²) in [5.74, 6) is -1.91. The first-order valence-corrected chi connectivity index (χ1v) is 9.70. The normalized spacial score (nSPS) is 16.4. The molecule has 27 heavy (non-hydrogen) atoms. The van der Waals surface area contributed by atoms with Crippen LogP contribution in [0.3, 0.4) is 0 Å². The molecule has 3 rings (SSSR count). The molecule has 7 heteroatoms. The summed E-state index contributed by atoms with van der Waals surface area (Å²) in [6, 6.07) is 12.2. The van der Waals surface area contributed by atoms with Crippen LogP contribution in [0.2, 0.25) is 0 Å². The molecule has 0 saturated carbocycles. The van der Waals surface area contributed by atoms with E-state index in [2.05, 4.69) is 5.32 Å². The number of thioether (sulfide) groups is 1. The number of carbonyl (C=O) groups excluding carboxylic acids is 2. The Morgan fingerprint density at radius 1 is 1.19 bits per heavy atom. The molecule has 1 fully saturated rings. The molecule has 6 nitrogen and oxygen atoms in total. The molecule has 1 aliphatic heterocycles. The number of rotatable bonds is 5. The fourth-order valence-electron chi connectivity index (χ4n) is 3.02. The average Bonchev–Trinajstić information content (AvgIpc) is 3.05. The lowest BCUT2D eigenvalue weighted by Crippen LogP contribution is -2.28. The Hall–Kier alpha value is -2.80. The molecule has 1 aliphatic rings. The zero-order valence-corrected chi connectivity index (χ0v) is 15.9. The van der Waals surface area contributed by atoms with Gasteiger partial charge in [0.1, 0.15) is 0 Å². The number of carboxylic acids is 1. The van der Waals surface area contributed by atoms with Gasteiger partial charge in [0.2, 0.25) is 11.8 Å². The van der Waals surface area contributed by atoms with Crippen LogP contribution in [0.5, 0.6) is 0 Å². The van der Waals surface area contributed by atoms with Crippen LogP contribution >= 0.6 is 11.8 Å². The van der Waals surface area contributed by atoms with Crippen molar-refractivity contribution in [1.82, 2.24) is 0 Å². The minimum Gasteiger partial charge on any atom is -0.478 e. The van der Waals surface area contributed by atoms with Gasteiger partial charge in [0.15, 0.2) is 0 Å². The van der Waals surface area contributed by atoms with Crippen LogP contribution < -0.4 is 10.2 Å².